The molecule has 11 heteroatoms. The van der Waals surface area contributed by atoms with E-state index in [1.165, 1.54) is 0 Å². The zero-order chi connectivity index (χ0) is 21.7. The number of aliphatic hydroxyl groups is 1. The third kappa shape index (κ3) is 3.66. The molecule has 2 atom stereocenters. The summed E-state index contributed by atoms with van der Waals surface area (Å²) >= 11 is 6.22. The summed E-state index contributed by atoms with van der Waals surface area (Å²) in [6.07, 6.45) is 3.60. The standard InChI is InChI=1S/C19H26ClN5O4S/c1-19(17(26)15-10-14(20)9-12-11-22-25(19)16(12)15)13-3-7-24(8-4-13)18(27)21-5-6-23-30(2,28)29/h9-11,13,17,23,26H,3-8H2,1-2H3,(H,21,27). The van der Waals surface area contributed by atoms with Gasteiger partial charge in [0.2, 0.25) is 10.0 Å². The van der Waals surface area contributed by atoms with Gasteiger partial charge in [-0.15, -0.1) is 0 Å². The van der Waals surface area contributed by atoms with Crippen molar-refractivity contribution in [3.05, 3.63) is 28.9 Å². The van der Waals surface area contributed by atoms with Crippen LogP contribution in [0.4, 0.5) is 4.79 Å². The van der Waals surface area contributed by atoms with Gasteiger partial charge < -0.3 is 15.3 Å². The Morgan fingerprint density at radius 1 is 1.33 bits per heavy atom. The van der Waals surface area contributed by atoms with Crippen molar-refractivity contribution in [2.24, 2.45) is 5.92 Å². The molecule has 2 aliphatic rings. The molecular weight excluding hydrogens is 430 g/mol. The molecule has 9 nitrogen and oxygen atoms in total. The molecule has 0 aliphatic carbocycles. The van der Waals surface area contributed by atoms with Crippen LogP contribution in [0.2, 0.25) is 5.02 Å². The first kappa shape index (κ1) is 21.4. The smallest absolute Gasteiger partial charge is 0.317 e. The van der Waals surface area contributed by atoms with Crippen LogP contribution in [0.5, 0.6) is 0 Å². The molecule has 164 valence electrons. The molecule has 3 N–H and O–H groups in total. The van der Waals surface area contributed by atoms with E-state index in [1.807, 2.05) is 23.7 Å². The molecule has 0 radical (unpaired) electrons. The number of nitrogens with one attached hydrogen (secondary N) is 2. The van der Waals surface area contributed by atoms with Crippen molar-refractivity contribution < 1.29 is 18.3 Å². The van der Waals surface area contributed by atoms with Gasteiger partial charge in [-0.3, -0.25) is 4.68 Å². The molecule has 2 aliphatic heterocycles. The van der Waals surface area contributed by atoms with Gasteiger partial charge in [0.15, 0.2) is 0 Å². The lowest BCUT2D eigenvalue weighted by molar-refractivity contribution is -0.0116. The maximum atomic E-state index is 12.4. The van der Waals surface area contributed by atoms with Crippen LogP contribution >= 0.6 is 11.6 Å². The molecule has 1 aromatic carbocycles. The Hall–Kier alpha value is -1.88. The van der Waals surface area contributed by atoms with Crippen LogP contribution in [0.15, 0.2) is 18.3 Å². The topological polar surface area (TPSA) is 117 Å². The van der Waals surface area contributed by atoms with Crippen molar-refractivity contribution in [1.82, 2.24) is 24.7 Å². The summed E-state index contributed by atoms with van der Waals surface area (Å²) in [6, 6.07) is 3.45. The first-order chi connectivity index (χ1) is 14.1. The highest BCUT2D eigenvalue weighted by Crippen LogP contribution is 2.51. The third-order valence-electron chi connectivity index (χ3n) is 6.34. The first-order valence-electron chi connectivity index (χ1n) is 9.94. The summed E-state index contributed by atoms with van der Waals surface area (Å²) in [7, 11) is -3.27. The Labute approximate surface area is 180 Å². The fourth-order valence-corrected chi connectivity index (χ4v) is 5.46. The Morgan fingerprint density at radius 2 is 2.03 bits per heavy atom. The molecule has 4 rings (SSSR count). The molecule has 2 unspecified atom stereocenters. The number of carbonyl (C=O) groups excluding carboxylic acids is 1. The van der Waals surface area contributed by atoms with E-state index < -0.39 is 21.7 Å². The molecule has 3 heterocycles. The molecule has 2 aromatic rings. The van der Waals surface area contributed by atoms with Crippen LogP contribution in [-0.2, 0) is 15.6 Å². The minimum atomic E-state index is -3.27. The van der Waals surface area contributed by atoms with E-state index in [9.17, 15) is 18.3 Å². The number of aromatic nitrogens is 2. The summed E-state index contributed by atoms with van der Waals surface area (Å²) in [5, 5.41) is 20.0. The molecule has 1 saturated heterocycles. The van der Waals surface area contributed by atoms with Crippen molar-refractivity contribution in [3.8, 4) is 0 Å². The number of sulfonamides is 1. The van der Waals surface area contributed by atoms with Crippen LogP contribution in [0, 0.1) is 5.92 Å². The average molecular weight is 456 g/mol. The number of aliphatic hydroxyl groups excluding tert-OH is 1. The number of nitrogens with zero attached hydrogens (tertiary/aromatic N) is 3. The highest BCUT2D eigenvalue weighted by atomic mass is 35.5. The van der Waals surface area contributed by atoms with Crippen molar-refractivity contribution in [2.75, 3.05) is 32.4 Å². The zero-order valence-corrected chi connectivity index (χ0v) is 18.5. The van der Waals surface area contributed by atoms with Gasteiger partial charge in [-0.25, -0.2) is 17.9 Å². The second kappa shape index (κ2) is 7.67. The van der Waals surface area contributed by atoms with E-state index in [1.54, 1.807) is 11.1 Å². The minimum absolute atomic E-state index is 0.137. The molecule has 0 bridgehead atoms. The Bertz CT molecular complexity index is 1080. The number of halogens is 1. The third-order valence-corrected chi connectivity index (χ3v) is 7.28. The SMILES string of the molecule is CC1(C2CCN(C(=O)NCCNS(C)(=O)=O)CC2)C(O)c2cc(Cl)cc3cnn1c23. The van der Waals surface area contributed by atoms with Crippen LogP contribution in [0.25, 0.3) is 10.9 Å². The van der Waals surface area contributed by atoms with Gasteiger partial charge in [0.05, 0.1) is 23.5 Å². The normalized spacial score (nSPS) is 24.5. The van der Waals surface area contributed by atoms with Crippen LogP contribution in [0.3, 0.4) is 0 Å². The number of carbonyl (C=O) groups is 1. The number of hydrogen-bond acceptors (Lipinski definition) is 5. The summed E-state index contributed by atoms with van der Waals surface area (Å²) in [6.45, 7) is 3.51. The molecule has 2 amide bonds. The van der Waals surface area contributed by atoms with E-state index in [-0.39, 0.29) is 25.0 Å². The van der Waals surface area contributed by atoms with Gasteiger partial charge in [0.25, 0.3) is 0 Å². The lowest BCUT2D eigenvalue weighted by Gasteiger charge is -2.42. The van der Waals surface area contributed by atoms with E-state index in [2.05, 4.69) is 15.1 Å². The Balaban J connectivity index is 1.40. The highest BCUT2D eigenvalue weighted by molar-refractivity contribution is 7.88. The van der Waals surface area contributed by atoms with Gasteiger partial charge in [0.1, 0.15) is 6.10 Å². The van der Waals surface area contributed by atoms with Crippen molar-refractivity contribution >= 4 is 38.6 Å². The van der Waals surface area contributed by atoms with Crippen molar-refractivity contribution in [1.29, 1.82) is 0 Å². The Kier molecular flexibility index (Phi) is 5.46. The number of likely N-dealkylation sites (tertiary alicyclic amines) is 1. The average Bonchev–Trinajstić information content (AvgIpc) is 3.21. The van der Waals surface area contributed by atoms with Crippen LogP contribution < -0.4 is 10.0 Å². The predicted octanol–water partition coefficient (Wildman–Crippen LogP) is 1.42. The predicted molar refractivity (Wildman–Crippen MR) is 114 cm³/mol. The monoisotopic (exact) mass is 455 g/mol. The van der Waals surface area contributed by atoms with Gasteiger partial charge in [-0.05, 0) is 37.8 Å². The number of benzene rings is 1. The molecule has 1 fully saturated rings. The number of piperidine rings is 1. The summed E-state index contributed by atoms with van der Waals surface area (Å²) < 4.78 is 26.4. The number of hydrogen-bond donors (Lipinski definition) is 3. The number of urea groups is 1. The maximum absolute atomic E-state index is 12.4. The molecular formula is C19H26ClN5O4S. The van der Waals surface area contributed by atoms with Gasteiger partial charge in [-0.1, -0.05) is 11.6 Å². The lowest BCUT2D eigenvalue weighted by Crippen LogP contribution is -2.50. The van der Waals surface area contributed by atoms with E-state index in [0.29, 0.717) is 18.1 Å². The highest BCUT2D eigenvalue weighted by Gasteiger charge is 2.50. The maximum Gasteiger partial charge on any atom is 0.317 e. The second-order valence-electron chi connectivity index (χ2n) is 8.28. The Morgan fingerprint density at radius 3 is 2.70 bits per heavy atom. The quantitative estimate of drug-likeness (QED) is 0.589. The molecule has 0 saturated carbocycles. The van der Waals surface area contributed by atoms with E-state index in [0.717, 1.165) is 35.6 Å². The molecule has 1 aromatic heterocycles. The largest absolute Gasteiger partial charge is 0.386 e. The minimum Gasteiger partial charge on any atom is -0.386 e. The van der Waals surface area contributed by atoms with E-state index in [4.69, 9.17) is 11.6 Å². The van der Waals surface area contributed by atoms with Crippen LogP contribution in [0.1, 0.15) is 31.4 Å². The number of amides is 2. The fraction of sp³-hybridized carbons (Fsp3) is 0.579. The zero-order valence-electron chi connectivity index (χ0n) is 16.9. The first-order valence-corrected chi connectivity index (χ1v) is 12.2. The lowest BCUT2D eigenvalue weighted by atomic mass is 9.75. The fourth-order valence-electron chi connectivity index (χ4n) is 4.75. The summed E-state index contributed by atoms with van der Waals surface area (Å²) in [5.41, 5.74) is 1.13. The number of rotatable bonds is 5. The van der Waals surface area contributed by atoms with Crippen LogP contribution in [-0.4, -0.2) is 66.7 Å². The van der Waals surface area contributed by atoms with Gasteiger partial charge >= 0.3 is 6.03 Å². The van der Waals surface area contributed by atoms with Crippen molar-refractivity contribution in [2.45, 2.75) is 31.4 Å². The van der Waals surface area contributed by atoms with Crippen molar-refractivity contribution in [3.63, 3.8) is 0 Å². The molecule has 0 spiro atoms. The summed E-state index contributed by atoms with van der Waals surface area (Å²) in [5.74, 6) is 0.137. The van der Waals surface area contributed by atoms with Gasteiger partial charge in [-0.2, -0.15) is 5.10 Å². The second-order valence-corrected chi connectivity index (χ2v) is 10.5. The molecule has 30 heavy (non-hydrogen) atoms. The van der Waals surface area contributed by atoms with E-state index >= 15 is 0 Å². The van der Waals surface area contributed by atoms with Gasteiger partial charge in [0, 0.05) is 42.2 Å². The summed E-state index contributed by atoms with van der Waals surface area (Å²) in [4.78, 5) is 14.1.